The summed E-state index contributed by atoms with van der Waals surface area (Å²) in [7, 11) is 0. The van der Waals surface area contributed by atoms with Gasteiger partial charge in [0.1, 0.15) is 0 Å². The molecule has 1 amide bonds. The summed E-state index contributed by atoms with van der Waals surface area (Å²) in [5.74, 6) is 7.10. The first-order chi connectivity index (χ1) is 12.9. The van der Waals surface area contributed by atoms with Crippen molar-refractivity contribution < 1.29 is 4.79 Å². The number of halogens is 2. The minimum Gasteiger partial charge on any atom is -0.335 e. The summed E-state index contributed by atoms with van der Waals surface area (Å²) in [6.07, 6.45) is 0. The average molecular weight is 443 g/mol. The first kappa shape index (κ1) is 19.9. The Kier molecular flexibility index (Phi) is 6.25. The Labute approximate surface area is 174 Å². The van der Waals surface area contributed by atoms with E-state index < -0.39 is 0 Å². The quantitative estimate of drug-likeness (QED) is 0.456. The maximum atomic E-state index is 11.6. The summed E-state index contributed by atoms with van der Waals surface area (Å²) in [5, 5.41) is 12.4. The fourth-order valence-electron chi connectivity index (χ4n) is 2.35. The second-order valence-corrected chi connectivity index (χ2v) is 8.10. The first-order valence-electron chi connectivity index (χ1n) is 7.92. The lowest BCUT2D eigenvalue weighted by molar-refractivity contribution is -0.116. The summed E-state index contributed by atoms with van der Waals surface area (Å²) >= 11 is 15.0. The highest BCUT2D eigenvalue weighted by molar-refractivity contribution is 7.98. The molecule has 0 spiro atoms. The average Bonchev–Trinajstić information content (AvgIpc) is 3.21. The third kappa shape index (κ3) is 4.37. The van der Waals surface area contributed by atoms with Crippen molar-refractivity contribution in [2.45, 2.75) is 24.8 Å². The molecule has 27 heavy (non-hydrogen) atoms. The van der Waals surface area contributed by atoms with Crippen LogP contribution in [0.1, 0.15) is 19.5 Å². The van der Waals surface area contributed by atoms with Gasteiger partial charge >= 0.3 is 0 Å². The highest BCUT2D eigenvalue weighted by Gasteiger charge is 2.17. The molecule has 3 rings (SSSR count). The number of carbonyl (C=O) groups is 1. The summed E-state index contributed by atoms with van der Waals surface area (Å²) in [5.41, 5.74) is 1.49. The molecule has 0 fully saturated rings. The van der Waals surface area contributed by atoms with Crippen molar-refractivity contribution in [2.75, 3.05) is 17.3 Å². The van der Waals surface area contributed by atoms with Gasteiger partial charge in [0.15, 0.2) is 11.0 Å². The van der Waals surface area contributed by atoms with Crippen molar-refractivity contribution in [3.05, 3.63) is 39.3 Å². The number of benzene rings is 1. The largest absolute Gasteiger partial charge is 0.335 e. The van der Waals surface area contributed by atoms with E-state index >= 15 is 0 Å². The van der Waals surface area contributed by atoms with Crippen LogP contribution in [0.25, 0.3) is 11.4 Å². The van der Waals surface area contributed by atoms with Gasteiger partial charge in [0, 0.05) is 35.2 Å². The number of nitrogens with two attached hydrogens (primary N) is 1. The third-order valence-electron chi connectivity index (χ3n) is 3.65. The number of hydrogen-bond acceptors (Lipinski definition) is 7. The van der Waals surface area contributed by atoms with E-state index in [1.807, 2.05) is 12.3 Å². The van der Waals surface area contributed by atoms with Gasteiger partial charge in [-0.05, 0) is 25.1 Å². The number of rotatable bonds is 6. The third-order valence-corrected chi connectivity index (χ3v) is 6.09. The van der Waals surface area contributed by atoms with Crippen molar-refractivity contribution in [1.82, 2.24) is 19.9 Å². The molecule has 0 saturated carbocycles. The number of carbonyl (C=O) groups excluding carboxylic acids is 1. The molecule has 0 aliphatic carbocycles. The van der Waals surface area contributed by atoms with Gasteiger partial charge in [-0.2, -0.15) is 0 Å². The van der Waals surface area contributed by atoms with Gasteiger partial charge in [0.05, 0.1) is 10.7 Å². The van der Waals surface area contributed by atoms with Crippen LogP contribution in [0, 0.1) is 0 Å². The Bertz CT molecular complexity index is 974. The Hall–Kier alpha value is -1.81. The number of thioether (sulfide) groups is 1. The lowest BCUT2D eigenvalue weighted by atomic mass is 10.2. The molecular formula is C16H16Cl2N6OS2. The SMILES string of the molecule is CCN(C(C)=O)c1nc(CSc2nnc(-c3ccc(Cl)cc3Cl)n2N)cs1. The molecule has 2 heterocycles. The van der Waals surface area contributed by atoms with Gasteiger partial charge in [0.2, 0.25) is 11.1 Å². The Morgan fingerprint density at radius 3 is 2.81 bits per heavy atom. The van der Waals surface area contributed by atoms with E-state index in [1.54, 1.807) is 23.1 Å². The van der Waals surface area contributed by atoms with Gasteiger partial charge in [-0.15, -0.1) is 21.5 Å². The molecule has 0 unspecified atom stereocenters. The summed E-state index contributed by atoms with van der Waals surface area (Å²) in [6, 6.07) is 5.10. The van der Waals surface area contributed by atoms with E-state index in [-0.39, 0.29) is 5.91 Å². The number of amides is 1. The predicted molar refractivity (Wildman–Crippen MR) is 111 cm³/mol. The molecular weight excluding hydrogens is 427 g/mol. The Morgan fingerprint density at radius 1 is 1.37 bits per heavy atom. The highest BCUT2D eigenvalue weighted by Crippen LogP contribution is 2.31. The van der Waals surface area contributed by atoms with Crippen molar-refractivity contribution in [1.29, 1.82) is 0 Å². The van der Waals surface area contributed by atoms with Crippen LogP contribution in [0.3, 0.4) is 0 Å². The molecule has 0 radical (unpaired) electrons. The van der Waals surface area contributed by atoms with Crippen LogP contribution in [-0.4, -0.2) is 32.3 Å². The second kappa shape index (κ2) is 8.47. The van der Waals surface area contributed by atoms with Crippen molar-refractivity contribution in [2.24, 2.45) is 0 Å². The minimum absolute atomic E-state index is 0.0303. The molecule has 2 aromatic heterocycles. The summed E-state index contributed by atoms with van der Waals surface area (Å²) in [4.78, 5) is 17.8. The monoisotopic (exact) mass is 442 g/mol. The Morgan fingerprint density at radius 2 is 2.15 bits per heavy atom. The maximum absolute atomic E-state index is 11.6. The number of anilines is 1. The molecule has 0 atom stereocenters. The summed E-state index contributed by atoms with van der Waals surface area (Å²) < 4.78 is 1.39. The van der Waals surface area contributed by atoms with Gasteiger partial charge in [-0.25, -0.2) is 9.66 Å². The van der Waals surface area contributed by atoms with Gasteiger partial charge in [-0.3, -0.25) is 9.69 Å². The van der Waals surface area contributed by atoms with Crippen molar-refractivity contribution in [3.8, 4) is 11.4 Å². The van der Waals surface area contributed by atoms with E-state index in [0.29, 0.717) is 44.0 Å². The molecule has 0 aliphatic heterocycles. The number of nitrogen functional groups attached to an aromatic ring is 1. The molecule has 1 aromatic carbocycles. The topological polar surface area (TPSA) is 89.9 Å². The highest BCUT2D eigenvalue weighted by atomic mass is 35.5. The normalized spacial score (nSPS) is 11.0. The van der Waals surface area contributed by atoms with E-state index in [4.69, 9.17) is 29.0 Å². The van der Waals surface area contributed by atoms with Crippen LogP contribution in [-0.2, 0) is 10.5 Å². The van der Waals surface area contributed by atoms with Crippen LogP contribution < -0.4 is 10.7 Å². The first-order valence-corrected chi connectivity index (χ1v) is 10.5. The minimum atomic E-state index is -0.0303. The number of aromatic nitrogens is 4. The zero-order valence-corrected chi connectivity index (χ0v) is 17.7. The lowest BCUT2D eigenvalue weighted by Crippen LogP contribution is -2.27. The van der Waals surface area contributed by atoms with E-state index in [0.717, 1.165) is 5.69 Å². The molecule has 11 heteroatoms. The van der Waals surface area contributed by atoms with Gasteiger partial charge < -0.3 is 5.84 Å². The van der Waals surface area contributed by atoms with Gasteiger partial charge in [0.25, 0.3) is 0 Å². The van der Waals surface area contributed by atoms with E-state index in [1.165, 1.54) is 34.7 Å². The number of nitrogens with zero attached hydrogens (tertiary/aromatic N) is 5. The number of hydrogen-bond donors (Lipinski definition) is 1. The van der Waals surface area contributed by atoms with E-state index in [2.05, 4.69) is 15.2 Å². The van der Waals surface area contributed by atoms with Crippen LogP contribution in [0.4, 0.5) is 5.13 Å². The van der Waals surface area contributed by atoms with Crippen LogP contribution in [0.5, 0.6) is 0 Å². The van der Waals surface area contributed by atoms with Crippen LogP contribution in [0.15, 0.2) is 28.7 Å². The molecule has 2 N–H and O–H groups in total. The van der Waals surface area contributed by atoms with E-state index in [9.17, 15) is 4.79 Å². The molecule has 3 aromatic rings. The van der Waals surface area contributed by atoms with Crippen molar-refractivity contribution in [3.63, 3.8) is 0 Å². The molecule has 0 bridgehead atoms. The molecule has 0 aliphatic rings. The molecule has 0 saturated heterocycles. The summed E-state index contributed by atoms with van der Waals surface area (Å²) in [6.45, 7) is 4.02. The zero-order valence-electron chi connectivity index (χ0n) is 14.5. The van der Waals surface area contributed by atoms with Crippen LogP contribution in [0.2, 0.25) is 10.0 Å². The predicted octanol–water partition coefficient (Wildman–Crippen LogP) is 4.09. The van der Waals surface area contributed by atoms with Gasteiger partial charge in [-0.1, -0.05) is 35.0 Å². The maximum Gasteiger partial charge on any atom is 0.225 e. The van der Waals surface area contributed by atoms with Crippen LogP contribution >= 0.6 is 46.3 Å². The molecule has 142 valence electrons. The lowest BCUT2D eigenvalue weighted by Gasteiger charge is -2.14. The second-order valence-electron chi connectivity index (χ2n) is 5.47. The van der Waals surface area contributed by atoms with Crippen molar-refractivity contribution >= 4 is 57.3 Å². The standard InChI is InChI=1S/C16H16Cl2N6OS2/c1-3-23(9(2)25)15-20-11(7-26-15)8-27-16-22-21-14(24(16)19)12-5-4-10(17)6-13(12)18/h4-7H,3,8,19H2,1-2H3. The smallest absolute Gasteiger partial charge is 0.225 e. The fraction of sp³-hybridized carbons (Fsp3) is 0.250. The zero-order chi connectivity index (χ0) is 19.6. The fourth-order valence-corrected chi connectivity index (χ4v) is 4.63. The Balaban J connectivity index is 1.74. The molecule has 7 nitrogen and oxygen atoms in total. The number of thiazole rings is 1.